The van der Waals surface area contributed by atoms with Gasteiger partial charge in [0, 0.05) is 12.6 Å². The van der Waals surface area contributed by atoms with Crippen molar-refractivity contribution in [3.05, 3.63) is 33.9 Å². The zero-order valence-electron chi connectivity index (χ0n) is 12.5. The van der Waals surface area contributed by atoms with E-state index in [0.29, 0.717) is 18.2 Å². The standard InChI is InChI=1S/C16H24N2O3/c1-12-8-9-14(15(11-12)18(20)21)17-10-4-6-13-5-2-3-7-16(13)19/h8-9,11,13,16-17,19H,2-7,10H2,1H3. The quantitative estimate of drug-likeness (QED) is 0.477. The van der Waals surface area contributed by atoms with Crippen molar-refractivity contribution in [2.24, 2.45) is 5.92 Å². The predicted molar refractivity (Wildman–Crippen MR) is 83.5 cm³/mol. The van der Waals surface area contributed by atoms with Crippen molar-refractivity contribution in [1.82, 2.24) is 0 Å². The third-order valence-corrected chi connectivity index (χ3v) is 4.29. The van der Waals surface area contributed by atoms with Gasteiger partial charge in [0.1, 0.15) is 5.69 Å². The van der Waals surface area contributed by atoms with E-state index in [1.165, 1.54) is 6.42 Å². The molecule has 0 radical (unpaired) electrons. The second-order valence-electron chi connectivity index (χ2n) is 5.96. The number of nitro benzene ring substituents is 1. The summed E-state index contributed by atoms with van der Waals surface area (Å²) in [5, 5.41) is 24.1. The fourth-order valence-electron chi connectivity index (χ4n) is 3.05. The minimum absolute atomic E-state index is 0.132. The molecule has 1 aliphatic carbocycles. The highest BCUT2D eigenvalue weighted by Crippen LogP contribution is 2.28. The molecular formula is C16H24N2O3. The molecule has 5 heteroatoms. The van der Waals surface area contributed by atoms with Crippen LogP contribution in [0.5, 0.6) is 0 Å². The summed E-state index contributed by atoms with van der Waals surface area (Å²) < 4.78 is 0. The highest BCUT2D eigenvalue weighted by Gasteiger charge is 2.22. The Balaban J connectivity index is 1.82. The molecule has 116 valence electrons. The molecule has 1 fully saturated rings. The zero-order valence-corrected chi connectivity index (χ0v) is 12.5. The number of benzene rings is 1. The number of aliphatic hydroxyl groups is 1. The highest BCUT2D eigenvalue weighted by atomic mass is 16.6. The van der Waals surface area contributed by atoms with E-state index in [4.69, 9.17) is 0 Å². The first-order valence-electron chi connectivity index (χ1n) is 7.75. The molecule has 0 aromatic heterocycles. The Morgan fingerprint density at radius 1 is 1.38 bits per heavy atom. The summed E-state index contributed by atoms with van der Waals surface area (Å²) in [6.07, 6.45) is 6.10. The van der Waals surface area contributed by atoms with Gasteiger partial charge in [-0.2, -0.15) is 0 Å². The van der Waals surface area contributed by atoms with Crippen LogP contribution in [0.15, 0.2) is 18.2 Å². The van der Waals surface area contributed by atoms with Gasteiger partial charge in [-0.3, -0.25) is 10.1 Å². The maximum Gasteiger partial charge on any atom is 0.292 e. The molecule has 0 saturated heterocycles. The Morgan fingerprint density at radius 3 is 2.86 bits per heavy atom. The lowest BCUT2D eigenvalue weighted by molar-refractivity contribution is -0.384. The second kappa shape index (κ2) is 7.41. The molecule has 1 saturated carbocycles. The fourth-order valence-corrected chi connectivity index (χ4v) is 3.05. The second-order valence-corrected chi connectivity index (χ2v) is 5.96. The maximum absolute atomic E-state index is 11.0. The topological polar surface area (TPSA) is 75.4 Å². The third-order valence-electron chi connectivity index (χ3n) is 4.29. The minimum Gasteiger partial charge on any atom is -0.393 e. The van der Waals surface area contributed by atoms with Crippen LogP contribution in [0.2, 0.25) is 0 Å². The normalized spacial score (nSPS) is 22.0. The van der Waals surface area contributed by atoms with Gasteiger partial charge in [0.05, 0.1) is 11.0 Å². The third kappa shape index (κ3) is 4.43. The summed E-state index contributed by atoms with van der Waals surface area (Å²) in [5.74, 6) is 0.397. The molecule has 0 spiro atoms. The molecule has 0 amide bonds. The fraction of sp³-hybridized carbons (Fsp3) is 0.625. The first-order chi connectivity index (χ1) is 10.1. The highest BCUT2D eigenvalue weighted by molar-refractivity contribution is 5.62. The van der Waals surface area contributed by atoms with Gasteiger partial charge >= 0.3 is 0 Å². The summed E-state index contributed by atoms with van der Waals surface area (Å²) in [4.78, 5) is 10.7. The van der Waals surface area contributed by atoms with E-state index in [1.807, 2.05) is 13.0 Å². The predicted octanol–water partition coefficient (Wildman–Crippen LogP) is 3.65. The van der Waals surface area contributed by atoms with E-state index in [2.05, 4.69) is 5.32 Å². The molecule has 1 aromatic rings. The zero-order chi connectivity index (χ0) is 15.2. The monoisotopic (exact) mass is 292 g/mol. The van der Waals surface area contributed by atoms with E-state index >= 15 is 0 Å². The number of hydrogen-bond donors (Lipinski definition) is 2. The molecule has 5 nitrogen and oxygen atoms in total. The molecule has 2 rings (SSSR count). The van der Waals surface area contributed by atoms with Crippen molar-refractivity contribution >= 4 is 11.4 Å². The Bertz CT molecular complexity index is 490. The Hall–Kier alpha value is -1.62. The van der Waals surface area contributed by atoms with Crippen molar-refractivity contribution in [2.75, 3.05) is 11.9 Å². The summed E-state index contributed by atoms with van der Waals surface area (Å²) in [7, 11) is 0. The van der Waals surface area contributed by atoms with E-state index < -0.39 is 0 Å². The van der Waals surface area contributed by atoms with Gasteiger partial charge in [0.2, 0.25) is 0 Å². The molecule has 1 aliphatic rings. The van der Waals surface area contributed by atoms with E-state index in [1.54, 1.807) is 12.1 Å². The van der Waals surface area contributed by atoms with Crippen molar-refractivity contribution in [1.29, 1.82) is 0 Å². The van der Waals surface area contributed by atoms with Crippen LogP contribution in [0, 0.1) is 23.0 Å². The Labute approximate surface area is 125 Å². The summed E-state index contributed by atoms with van der Waals surface area (Å²) >= 11 is 0. The molecule has 0 bridgehead atoms. The summed E-state index contributed by atoms with van der Waals surface area (Å²) in [5.41, 5.74) is 1.60. The molecule has 21 heavy (non-hydrogen) atoms. The molecular weight excluding hydrogens is 268 g/mol. The summed E-state index contributed by atoms with van der Waals surface area (Å²) in [6.45, 7) is 2.55. The van der Waals surface area contributed by atoms with Gasteiger partial charge in [0.15, 0.2) is 0 Å². The first kappa shape index (κ1) is 15.8. The number of aryl methyl sites for hydroxylation is 1. The number of nitrogens with one attached hydrogen (secondary N) is 1. The molecule has 2 atom stereocenters. The molecule has 0 heterocycles. The lowest BCUT2D eigenvalue weighted by Gasteiger charge is -2.27. The SMILES string of the molecule is Cc1ccc(NCCCC2CCCCC2O)c([N+](=O)[O-])c1. The van der Waals surface area contributed by atoms with Gasteiger partial charge in [-0.15, -0.1) is 0 Å². The van der Waals surface area contributed by atoms with E-state index in [9.17, 15) is 15.2 Å². The number of nitrogens with zero attached hydrogens (tertiary/aromatic N) is 1. The average molecular weight is 292 g/mol. The van der Waals surface area contributed by atoms with Crippen LogP contribution < -0.4 is 5.32 Å². The van der Waals surface area contributed by atoms with Crippen LogP contribution in [0.3, 0.4) is 0 Å². The van der Waals surface area contributed by atoms with Crippen LogP contribution >= 0.6 is 0 Å². The van der Waals surface area contributed by atoms with Crippen molar-refractivity contribution < 1.29 is 10.0 Å². The lowest BCUT2D eigenvalue weighted by Crippen LogP contribution is -2.24. The number of hydrogen-bond acceptors (Lipinski definition) is 4. The van der Waals surface area contributed by atoms with Crippen LogP contribution in [-0.4, -0.2) is 22.7 Å². The number of anilines is 1. The number of nitro groups is 1. The van der Waals surface area contributed by atoms with Gasteiger partial charge in [-0.25, -0.2) is 0 Å². The van der Waals surface area contributed by atoms with Gasteiger partial charge in [-0.05, 0) is 50.2 Å². The number of rotatable bonds is 6. The summed E-state index contributed by atoms with van der Waals surface area (Å²) in [6, 6.07) is 5.23. The molecule has 1 aromatic carbocycles. The van der Waals surface area contributed by atoms with E-state index in [0.717, 1.165) is 37.7 Å². The number of aliphatic hydroxyl groups excluding tert-OH is 1. The van der Waals surface area contributed by atoms with Crippen LogP contribution in [0.4, 0.5) is 11.4 Å². The molecule has 2 N–H and O–H groups in total. The first-order valence-corrected chi connectivity index (χ1v) is 7.75. The van der Waals surface area contributed by atoms with Crippen LogP contribution in [0.1, 0.15) is 44.1 Å². The largest absolute Gasteiger partial charge is 0.393 e. The Morgan fingerprint density at radius 2 is 2.14 bits per heavy atom. The van der Waals surface area contributed by atoms with Crippen molar-refractivity contribution in [3.63, 3.8) is 0 Å². The minimum atomic E-state index is -0.347. The maximum atomic E-state index is 11.0. The Kier molecular flexibility index (Phi) is 5.56. The lowest BCUT2D eigenvalue weighted by atomic mass is 9.83. The molecule has 0 aliphatic heterocycles. The van der Waals surface area contributed by atoms with Crippen LogP contribution in [-0.2, 0) is 0 Å². The molecule has 2 unspecified atom stereocenters. The van der Waals surface area contributed by atoms with Crippen LogP contribution in [0.25, 0.3) is 0 Å². The average Bonchev–Trinajstić information content (AvgIpc) is 2.46. The van der Waals surface area contributed by atoms with E-state index in [-0.39, 0.29) is 16.7 Å². The van der Waals surface area contributed by atoms with Crippen molar-refractivity contribution in [2.45, 2.75) is 51.6 Å². The van der Waals surface area contributed by atoms with Gasteiger partial charge in [0.25, 0.3) is 5.69 Å². The van der Waals surface area contributed by atoms with Crippen molar-refractivity contribution in [3.8, 4) is 0 Å². The smallest absolute Gasteiger partial charge is 0.292 e. The van der Waals surface area contributed by atoms with Gasteiger partial charge in [-0.1, -0.05) is 18.9 Å². The van der Waals surface area contributed by atoms with Gasteiger partial charge < -0.3 is 10.4 Å².